The van der Waals surface area contributed by atoms with Crippen LogP contribution >= 0.6 is 0 Å². The predicted octanol–water partition coefficient (Wildman–Crippen LogP) is 1.74. The van der Waals surface area contributed by atoms with Crippen LogP contribution in [-0.4, -0.2) is 50.2 Å². The van der Waals surface area contributed by atoms with Crippen molar-refractivity contribution in [1.29, 1.82) is 0 Å². The fourth-order valence-corrected chi connectivity index (χ4v) is 2.71. The molecule has 0 saturated carbocycles. The molecule has 2 rings (SSSR count). The van der Waals surface area contributed by atoms with Crippen molar-refractivity contribution in [2.24, 2.45) is 0 Å². The summed E-state index contributed by atoms with van der Waals surface area (Å²) in [7, 11) is 2.98. The Kier molecular flexibility index (Phi) is 5.35. The molecule has 1 fully saturated rings. The topological polar surface area (TPSA) is 76.9 Å². The molecule has 1 heterocycles. The SMILES string of the molecule is C=C[C@H](c1cc(OC)c(OC)cc1[N+](=O)[O-])N1CCNCC1. The van der Waals surface area contributed by atoms with Gasteiger partial charge in [-0.25, -0.2) is 0 Å². The zero-order valence-electron chi connectivity index (χ0n) is 12.9. The van der Waals surface area contributed by atoms with Crippen molar-refractivity contribution in [2.75, 3.05) is 40.4 Å². The Morgan fingerprint density at radius 2 is 1.91 bits per heavy atom. The van der Waals surface area contributed by atoms with E-state index in [1.165, 1.54) is 20.3 Å². The first-order valence-corrected chi connectivity index (χ1v) is 7.10. The Hall–Kier alpha value is -2.12. The maximum absolute atomic E-state index is 11.4. The van der Waals surface area contributed by atoms with Gasteiger partial charge in [0.2, 0.25) is 0 Å². The van der Waals surface area contributed by atoms with Gasteiger partial charge in [0, 0.05) is 26.2 Å². The van der Waals surface area contributed by atoms with Gasteiger partial charge in [0.1, 0.15) is 0 Å². The molecule has 120 valence electrons. The van der Waals surface area contributed by atoms with E-state index >= 15 is 0 Å². The van der Waals surface area contributed by atoms with Crippen LogP contribution in [0.15, 0.2) is 24.8 Å². The monoisotopic (exact) mass is 307 g/mol. The lowest BCUT2D eigenvalue weighted by molar-refractivity contribution is -0.386. The number of hydrogen-bond donors (Lipinski definition) is 1. The van der Waals surface area contributed by atoms with Crippen molar-refractivity contribution >= 4 is 5.69 Å². The molecule has 0 unspecified atom stereocenters. The van der Waals surface area contributed by atoms with Crippen LogP contribution in [0.5, 0.6) is 11.5 Å². The minimum absolute atomic E-state index is 0.0149. The van der Waals surface area contributed by atoms with E-state index in [9.17, 15) is 10.1 Å². The van der Waals surface area contributed by atoms with E-state index in [-0.39, 0.29) is 11.7 Å². The van der Waals surface area contributed by atoms with Crippen LogP contribution in [0.25, 0.3) is 0 Å². The van der Waals surface area contributed by atoms with Gasteiger partial charge in [0.15, 0.2) is 11.5 Å². The highest BCUT2D eigenvalue weighted by molar-refractivity contribution is 5.56. The molecule has 7 nitrogen and oxygen atoms in total. The van der Waals surface area contributed by atoms with Crippen LogP contribution in [0.2, 0.25) is 0 Å². The summed E-state index contributed by atoms with van der Waals surface area (Å²) in [5.41, 5.74) is 0.584. The highest BCUT2D eigenvalue weighted by atomic mass is 16.6. The third-order valence-corrected chi connectivity index (χ3v) is 3.82. The molecule has 22 heavy (non-hydrogen) atoms. The summed E-state index contributed by atoms with van der Waals surface area (Å²) in [5.74, 6) is 0.825. The number of nitro groups is 1. The number of nitrogens with zero attached hydrogens (tertiary/aromatic N) is 2. The first kappa shape index (κ1) is 16.3. The summed E-state index contributed by atoms with van der Waals surface area (Å²) in [6.45, 7) is 7.18. The van der Waals surface area contributed by atoms with Gasteiger partial charge in [-0.05, 0) is 6.07 Å². The van der Waals surface area contributed by atoms with Crippen molar-refractivity contribution in [3.63, 3.8) is 0 Å². The average Bonchev–Trinajstić information content (AvgIpc) is 2.55. The molecule has 1 aromatic carbocycles. The van der Waals surface area contributed by atoms with Gasteiger partial charge in [-0.15, -0.1) is 6.58 Å². The number of rotatable bonds is 6. The largest absolute Gasteiger partial charge is 0.493 e. The molecular formula is C15H21N3O4. The summed E-state index contributed by atoms with van der Waals surface area (Å²) < 4.78 is 10.4. The third-order valence-electron chi connectivity index (χ3n) is 3.82. The number of hydrogen-bond acceptors (Lipinski definition) is 6. The molecule has 1 aliphatic rings. The van der Waals surface area contributed by atoms with Gasteiger partial charge in [-0.3, -0.25) is 15.0 Å². The Morgan fingerprint density at radius 3 is 2.41 bits per heavy atom. The van der Waals surface area contributed by atoms with E-state index in [0.29, 0.717) is 17.1 Å². The first-order chi connectivity index (χ1) is 10.6. The van der Waals surface area contributed by atoms with Crippen LogP contribution < -0.4 is 14.8 Å². The minimum atomic E-state index is -0.393. The van der Waals surface area contributed by atoms with Gasteiger partial charge >= 0.3 is 0 Å². The predicted molar refractivity (Wildman–Crippen MR) is 83.6 cm³/mol. The van der Waals surface area contributed by atoms with Crippen LogP contribution in [0, 0.1) is 10.1 Å². The number of methoxy groups -OCH3 is 2. The van der Waals surface area contributed by atoms with E-state index in [1.807, 2.05) is 0 Å². The number of nitrogens with one attached hydrogen (secondary N) is 1. The van der Waals surface area contributed by atoms with Crippen molar-refractivity contribution in [1.82, 2.24) is 10.2 Å². The highest BCUT2D eigenvalue weighted by Gasteiger charge is 2.28. The Bertz CT molecular complexity index is 556. The lowest BCUT2D eigenvalue weighted by Crippen LogP contribution is -2.44. The molecule has 1 aliphatic heterocycles. The summed E-state index contributed by atoms with van der Waals surface area (Å²) in [4.78, 5) is 13.2. The molecule has 7 heteroatoms. The molecular weight excluding hydrogens is 286 g/mol. The molecule has 1 N–H and O–H groups in total. The molecule has 0 bridgehead atoms. The third kappa shape index (κ3) is 3.20. The second-order valence-corrected chi connectivity index (χ2v) is 4.99. The first-order valence-electron chi connectivity index (χ1n) is 7.10. The normalized spacial score (nSPS) is 16.8. The minimum Gasteiger partial charge on any atom is -0.493 e. The maximum atomic E-state index is 11.4. The van der Waals surface area contributed by atoms with E-state index < -0.39 is 4.92 Å². The standard InChI is InChI=1S/C15H21N3O4/c1-4-12(17-7-5-16-6-8-17)11-9-14(21-2)15(22-3)10-13(11)18(19)20/h4,9-10,12,16H,1,5-8H2,2-3H3/t12-/m1/s1. The summed E-state index contributed by atoms with van der Waals surface area (Å²) >= 11 is 0. The Morgan fingerprint density at radius 1 is 1.32 bits per heavy atom. The number of benzene rings is 1. The summed E-state index contributed by atoms with van der Waals surface area (Å²) in [5, 5.41) is 14.7. The lowest BCUT2D eigenvalue weighted by atomic mass is 10.0. The van der Waals surface area contributed by atoms with Gasteiger partial charge in [0.25, 0.3) is 5.69 Å². The van der Waals surface area contributed by atoms with Crippen LogP contribution in [0.3, 0.4) is 0 Å². The molecule has 0 radical (unpaired) electrons. The van der Waals surface area contributed by atoms with Crippen LogP contribution in [0.4, 0.5) is 5.69 Å². The zero-order chi connectivity index (χ0) is 16.1. The summed E-state index contributed by atoms with van der Waals surface area (Å²) in [6.07, 6.45) is 1.74. The zero-order valence-corrected chi connectivity index (χ0v) is 12.9. The average molecular weight is 307 g/mol. The molecule has 0 aliphatic carbocycles. The fraction of sp³-hybridized carbons (Fsp3) is 0.467. The maximum Gasteiger partial charge on any atom is 0.278 e. The van der Waals surface area contributed by atoms with E-state index in [2.05, 4.69) is 16.8 Å². The molecule has 0 spiro atoms. The number of piperazine rings is 1. The van der Waals surface area contributed by atoms with Gasteiger partial charge in [-0.1, -0.05) is 6.08 Å². The Balaban J connectivity index is 2.49. The molecule has 0 aromatic heterocycles. The van der Waals surface area contributed by atoms with E-state index in [0.717, 1.165) is 26.2 Å². The van der Waals surface area contributed by atoms with Crippen LogP contribution in [0.1, 0.15) is 11.6 Å². The second-order valence-electron chi connectivity index (χ2n) is 4.99. The van der Waals surface area contributed by atoms with Crippen LogP contribution in [-0.2, 0) is 0 Å². The van der Waals surface area contributed by atoms with Gasteiger partial charge in [-0.2, -0.15) is 0 Å². The van der Waals surface area contributed by atoms with Crippen molar-refractivity contribution in [3.8, 4) is 11.5 Å². The molecule has 1 saturated heterocycles. The second kappa shape index (κ2) is 7.24. The lowest BCUT2D eigenvalue weighted by Gasteiger charge is -2.33. The number of nitro benzene ring substituents is 1. The quantitative estimate of drug-likeness (QED) is 0.490. The van der Waals surface area contributed by atoms with Gasteiger partial charge in [0.05, 0.1) is 36.8 Å². The van der Waals surface area contributed by atoms with Crippen molar-refractivity contribution in [3.05, 3.63) is 40.5 Å². The van der Waals surface area contributed by atoms with E-state index in [4.69, 9.17) is 9.47 Å². The van der Waals surface area contributed by atoms with Crippen molar-refractivity contribution in [2.45, 2.75) is 6.04 Å². The number of ether oxygens (including phenoxy) is 2. The molecule has 1 atom stereocenters. The fourth-order valence-electron chi connectivity index (χ4n) is 2.71. The van der Waals surface area contributed by atoms with Gasteiger partial charge < -0.3 is 14.8 Å². The smallest absolute Gasteiger partial charge is 0.278 e. The highest BCUT2D eigenvalue weighted by Crippen LogP contribution is 2.39. The Labute approximate surface area is 129 Å². The molecule has 0 amide bonds. The van der Waals surface area contributed by atoms with E-state index in [1.54, 1.807) is 12.1 Å². The summed E-state index contributed by atoms with van der Waals surface area (Å²) in [6, 6.07) is 2.85. The van der Waals surface area contributed by atoms with Crippen molar-refractivity contribution < 1.29 is 14.4 Å². The molecule has 1 aromatic rings.